The zero-order valence-electron chi connectivity index (χ0n) is 102. The second-order valence-corrected chi connectivity index (χ2v) is 37.8. The molecule has 0 aromatic heterocycles. The minimum atomic E-state index is -2.94. The maximum absolute atomic E-state index is 10.5. The molecule has 0 spiro atoms. The molecule has 0 saturated heterocycles. The maximum atomic E-state index is 10.5. The number of hydrogen-bond donors (Lipinski definition) is 16. The molecule has 0 saturated carbocycles. The third-order valence-corrected chi connectivity index (χ3v) is 18.9. The van der Waals surface area contributed by atoms with Crippen LogP contribution in [-0.2, 0) is 141 Å². The average molecular weight is 2250 g/mol. The molecule has 50 heteroatoms. The van der Waals surface area contributed by atoms with E-state index in [2.05, 4.69) is 163 Å². The van der Waals surface area contributed by atoms with Crippen molar-refractivity contribution in [3.05, 3.63) is 0 Å². The van der Waals surface area contributed by atoms with E-state index in [4.69, 9.17) is 18.9 Å². The summed E-state index contributed by atoms with van der Waals surface area (Å²) in [6, 6.07) is 0. The average Bonchev–Trinajstić information content (AvgIpc) is 0.962. The van der Waals surface area contributed by atoms with Gasteiger partial charge in [-0.15, -0.1) is 0 Å². The number of unbranched alkanes of at least 4 members (excludes halogenated alkanes) is 2. The van der Waals surface area contributed by atoms with E-state index >= 15 is 0 Å². The van der Waals surface area contributed by atoms with Crippen LogP contribution >= 0.6 is 0 Å². The van der Waals surface area contributed by atoms with Crippen molar-refractivity contribution in [2.75, 3.05) is 260 Å². The summed E-state index contributed by atoms with van der Waals surface area (Å²) in [5.74, 6) is -0.361. The van der Waals surface area contributed by atoms with Crippen molar-refractivity contribution in [2.24, 2.45) is 0 Å². The van der Waals surface area contributed by atoms with Gasteiger partial charge in [-0.05, 0) is 187 Å². The normalized spacial score (nSPS) is 9.24. The van der Waals surface area contributed by atoms with Crippen LogP contribution in [0.2, 0.25) is 0 Å². The Morgan fingerprint density at radius 1 is 0.272 bits per heavy atom. The largest absolute Gasteiger partial charge is 0.466 e. The van der Waals surface area contributed by atoms with Gasteiger partial charge in [0.05, 0.1) is 49.6 Å². The van der Waals surface area contributed by atoms with E-state index in [9.17, 15) is 90.0 Å². The van der Waals surface area contributed by atoms with Crippen LogP contribution in [0.3, 0.4) is 0 Å². The van der Waals surface area contributed by atoms with Gasteiger partial charge in [0.2, 0.25) is 103 Å². The molecule has 0 fully saturated rings. The standard InChI is InChI=1S/C5H9NO2.3C5H11NO.2C5H13N.2C5H12O.3C4H11NO2S.C4H7NO2.2C4H9NO.2C4H11N.C4H10O2.C4H8O2.2C4H10O.2C3H9NO2S.C3H8O2/c1-3-5(8)6-4(2)7;1-3-4-5(7)6-2;1-3-4-6-5(2)7;1-3-5(7)6-4-2;1-3-4-5-6-2;1-3-5-6-4-2;1-3-4-5-6-2;1-3-5-6-4-2;1-3-4-5-8(2,6)7;1-3-4-8(6,7)5-2;1-3-5-8(6,7)4-2;1-3(6)5-4(2)7;1-3-4(6)5-2;1-3-5-4(2)6;1-3-4-5-2;1-3-5-4-2;1-5-3-4-6-2;1-3-6-4(2)5;1-3-4-5-2;1-3-5-4-2;1-3-4-7(2,5)6;1-3-7(5,6)4-2;1-4-3-5-2/h3H2,1-2H3,(H,6,7,8);3*3-4H2,1-2H3,(H,6,7);2*6H,3-5H2,1-2H3;2*3-5H2,1-2H3;3*5H,3-4H2,1-2H3;1-2H3,(H,5,6,7);2*3H2,1-2H3,(H,5,6);2*5H,3-4H2,1-2H3;3-4H2,1-2H3;3H2,1-2H3;2*3-4H2,1-2H3;2*4H,3H2,1-2H3;3H2,1-2H3. The highest BCUT2D eigenvalue weighted by Crippen LogP contribution is 1.87. The monoisotopic (exact) mass is 2250 g/mol. The Kier molecular flexibility index (Phi) is 254. The molecule has 9 amide bonds. The van der Waals surface area contributed by atoms with E-state index in [0.29, 0.717) is 78.4 Å². The number of methoxy groups -OCH3 is 6. The number of hydrogen-bond acceptors (Lipinski definition) is 33. The van der Waals surface area contributed by atoms with Gasteiger partial charge >= 0.3 is 5.97 Å². The summed E-state index contributed by atoms with van der Waals surface area (Å²) in [4.78, 5) is 101. The molecule has 0 unspecified atom stereocenters. The van der Waals surface area contributed by atoms with Crippen LogP contribution in [0.25, 0.3) is 0 Å². The van der Waals surface area contributed by atoms with E-state index in [-0.39, 0.29) is 76.4 Å². The van der Waals surface area contributed by atoms with Gasteiger partial charge in [-0.25, -0.2) is 65.7 Å². The predicted molar refractivity (Wildman–Crippen MR) is 615 cm³/mol. The van der Waals surface area contributed by atoms with Crippen LogP contribution in [-0.4, -0.2) is 361 Å². The third kappa shape index (κ3) is 396. The molecular formula is C97H236N16O29S5. The van der Waals surface area contributed by atoms with Crippen molar-refractivity contribution in [2.45, 2.75) is 324 Å². The lowest BCUT2D eigenvalue weighted by atomic mass is 10.3. The second-order valence-electron chi connectivity index (χ2n) is 27.8. The van der Waals surface area contributed by atoms with Gasteiger partial charge in [-0.1, -0.05) is 137 Å². The molecule has 0 aromatic carbocycles. The van der Waals surface area contributed by atoms with E-state index < -0.39 is 50.1 Å². The first-order chi connectivity index (χ1) is 68.7. The van der Waals surface area contributed by atoms with Gasteiger partial charge in [0.15, 0.2) is 0 Å². The number of amides is 9. The van der Waals surface area contributed by atoms with Gasteiger partial charge in [-0.2, -0.15) is 0 Å². The fourth-order valence-corrected chi connectivity index (χ4v) is 8.77. The molecule has 0 aliphatic rings. The molecular weight excluding hydrogens is 2010 g/mol. The molecule has 0 radical (unpaired) electrons. The molecule has 0 aliphatic carbocycles. The Balaban J connectivity index is -0.0000000521. The quantitative estimate of drug-likeness (QED) is 0.0153. The van der Waals surface area contributed by atoms with Gasteiger partial charge in [0.25, 0.3) is 0 Å². The maximum Gasteiger partial charge on any atom is 0.302 e. The third-order valence-electron chi connectivity index (χ3n) is 12.9. The van der Waals surface area contributed by atoms with Crippen LogP contribution < -0.4 is 82.1 Å². The summed E-state index contributed by atoms with van der Waals surface area (Å²) >= 11 is 0. The molecule has 147 heavy (non-hydrogen) atoms. The number of ether oxygens (including phenoxy) is 9. The Hall–Kier alpha value is -5.83. The van der Waals surface area contributed by atoms with E-state index in [1.807, 2.05) is 95.6 Å². The summed E-state index contributed by atoms with van der Waals surface area (Å²) in [5, 5.41) is 29.4. The van der Waals surface area contributed by atoms with E-state index in [0.717, 1.165) is 143 Å². The van der Waals surface area contributed by atoms with Crippen molar-refractivity contribution >= 4 is 109 Å². The van der Waals surface area contributed by atoms with Crippen molar-refractivity contribution in [1.82, 2.24) is 82.1 Å². The first kappa shape index (κ1) is 199. The van der Waals surface area contributed by atoms with Gasteiger partial charge in [0, 0.05) is 203 Å². The summed E-state index contributed by atoms with van der Waals surface area (Å²) in [6.07, 6.45) is 17.7. The molecule has 908 valence electrons. The lowest BCUT2D eigenvalue weighted by molar-refractivity contribution is -0.140. The molecule has 0 aliphatic heterocycles. The predicted octanol–water partition coefficient (Wildman–Crippen LogP) is 9.84. The van der Waals surface area contributed by atoms with Crippen LogP contribution in [0.5, 0.6) is 0 Å². The smallest absolute Gasteiger partial charge is 0.302 e. The van der Waals surface area contributed by atoms with Crippen LogP contribution in [0.4, 0.5) is 0 Å². The lowest BCUT2D eigenvalue weighted by Gasteiger charge is -1.96. The van der Waals surface area contributed by atoms with Gasteiger partial charge in [-0.3, -0.25) is 58.6 Å². The Morgan fingerprint density at radius 2 is 0.646 bits per heavy atom. The van der Waals surface area contributed by atoms with E-state index in [1.165, 1.54) is 94.2 Å². The second kappa shape index (κ2) is 188. The number of sulfonamides is 5. The van der Waals surface area contributed by atoms with Crippen molar-refractivity contribution in [3.8, 4) is 0 Å². The minimum absolute atomic E-state index is 0.0394. The zero-order chi connectivity index (χ0) is 121. The van der Waals surface area contributed by atoms with E-state index in [1.54, 1.807) is 98.3 Å². The highest BCUT2D eigenvalue weighted by Gasteiger charge is 2.04. The molecule has 0 aromatic rings. The first-order valence-corrected chi connectivity index (χ1v) is 59.8. The first-order valence-electron chi connectivity index (χ1n) is 51.0. The Morgan fingerprint density at radius 3 is 0.728 bits per heavy atom. The molecule has 0 atom stereocenters. The minimum Gasteiger partial charge on any atom is -0.466 e. The highest BCUT2D eigenvalue weighted by atomic mass is 32.2. The van der Waals surface area contributed by atoms with Crippen molar-refractivity contribution < 1.29 is 133 Å². The van der Waals surface area contributed by atoms with Gasteiger partial charge < -0.3 is 90.5 Å². The number of nitrogens with one attached hydrogen (secondary N) is 16. The SMILES string of the molecule is CC(=O)NC(C)=O.CCC(=O)NC.CCC(=O)NC(C)=O.CCCC(=O)NC.CCCCNC.CCCCOC.CCCNC.CCCNC(C)=O.CCCNCC.CCCNS(C)(=O)=O.CCCOC.CCCOCC.CCCS(=O)(=O)NC.CCNC(=O)CC.CCNC(C)=O.CCNCC.CCNS(=O)(=O)CC.CCNS(C)(=O)=O.CCOC(C)=O.CCOCC.CCS(=O)(=O)NC.COCCOC.COCOC. The zero-order valence-corrected chi connectivity index (χ0v) is 106. The summed E-state index contributed by atoms with van der Waals surface area (Å²) in [6.45, 7) is 76.9. The van der Waals surface area contributed by atoms with Crippen LogP contribution in [0.1, 0.15) is 324 Å². The number of carbonyl (C=O) groups is 10. The topological polar surface area (TPSA) is 617 Å². The number of rotatable bonds is 48. The summed E-state index contributed by atoms with van der Waals surface area (Å²) < 4.78 is 157. The summed E-state index contributed by atoms with van der Waals surface area (Å²) in [5.41, 5.74) is 0. The fraction of sp³-hybridized carbons (Fsp3) is 0.897. The molecule has 0 bridgehead atoms. The number of esters is 1. The van der Waals surface area contributed by atoms with Crippen molar-refractivity contribution in [1.29, 1.82) is 0 Å². The molecule has 16 N–H and O–H groups in total. The lowest BCUT2D eigenvalue weighted by Crippen LogP contribution is -2.26. The fourth-order valence-electron chi connectivity index (χ4n) is 6.00. The Bertz CT molecular complexity index is 2900. The summed E-state index contributed by atoms with van der Waals surface area (Å²) in [7, 11) is 5.36. The molecule has 0 heterocycles. The highest BCUT2D eigenvalue weighted by molar-refractivity contribution is 7.90. The van der Waals surface area contributed by atoms with Crippen LogP contribution in [0, 0.1) is 0 Å². The van der Waals surface area contributed by atoms with Crippen molar-refractivity contribution in [3.63, 3.8) is 0 Å². The van der Waals surface area contributed by atoms with Crippen LogP contribution in [0.15, 0.2) is 0 Å². The molecule has 0 rings (SSSR count). The van der Waals surface area contributed by atoms with Gasteiger partial charge in [0.1, 0.15) is 6.79 Å². The number of imide groups is 2. The Labute approximate surface area is 902 Å². The number of carbonyl (C=O) groups excluding carboxylic acids is 10. The molecule has 45 nitrogen and oxygen atoms in total.